The van der Waals surface area contributed by atoms with Crippen molar-refractivity contribution in [1.82, 2.24) is 0 Å². The average Bonchev–Trinajstić information content (AvgIpc) is 2.45. The van der Waals surface area contributed by atoms with Crippen LogP contribution in [-0.4, -0.2) is 12.5 Å². The Morgan fingerprint density at radius 3 is 2.52 bits per heavy atom. The predicted molar refractivity (Wildman–Crippen MR) is 81.7 cm³/mol. The van der Waals surface area contributed by atoms with Crippen LogP contribution in [-0.2, 0) is 4.79 Å². The molecule has 0 saturated heterocycles. The molecule has 1 N–H and O–H groups in total. The van der Waals surface area contributed by atoms with Crippen molar-refractivity contribution in [3.05, 3.63) is 58.1 Å². The van der Waals surface area contributed by atoms with E-state index in [-0.39, 0.29) is 12.5 Å². The number of benzene rings is 2. The third-order valence-electron chi connectivity index (χ3n) is 2.53. The minimum atomic E-state index is -0.381. The summed E-state index contributed by atoms with van der Waals surface area (Å²) < 4.78 is 5.31. The predicted octanol–water partition coefficient (Wildman–Crippen LogP) is 3.88. The second kappa shape index (κ2) is 6.98. The lowest BCUT2D eigenvalue weighted by Crippen LogP contribution is -2.20. The summed E-state index contributed by atoms with van der Waals surface area (Å²) in [5.74, 6) is 0.0185. The van der Waals surface area contributed by atoms with E-state index in [9.17, 15) is 4.79 Å². The number of amides is 1. The maximum absolute atomic E-state index is 11.8. The largest absolute Gasteiger partial charge is 0.484 e. The Balaban J connectivity index is 1.98. The SMILES string of the molecule is N#Cc1ccccc1NC(=O)COc1cc(Cl)cc(Cl)c1. The number of anilines is 1. The Morgan fingerprint density at radius 2 is 1.86 bits per heavy atom. The Bertz CT molecular complexity index is 691. The Morgan fingerprint density at radius 1 is 1.19 bits per heavy atom. The second-order valence-electron chi connectivity index (χ2n) is 4.10. The van der Waals surface area contributed by atoms with Gasteiger partial charge in [0.1, 0.15) is 11.8 Å². The highest BCUT2D eigenvalue weighted by Gasteiger charge is 2.07. The molecule has 0 atom stereocenters. The van der Waals surface area contributed by atoms with Crippen LogP contribution in [0.4, 0.5) is 5.69 Å². The van der Waals surface area contributed by atoms with Crippen LogP contribution in [0, 0.1) is 11.3 Å². The van der Waals surface area contributed by atoms with Crippen LogP contribution in [0.25, 0.3) is 0 Å². The molecule has 2 rings (SSSR count). The highest BCUT2D eigenvalue weighted by molar-refractivity contribution is 6.34. The van der Waals surface area contributed by atoms with Gasteiger partial charge in [-0.1, -0.05) is 35.3 Å². The van der Waals surface area contributed by atoms with E-state index in [0.29, 0.717) is 27.0 Å². The van der Waals surface area contributed by atoms with Crippen LogP contribution in [0.5, 0.6) is 5.75 Å². The third-order valence-corrected chi connectivity index (χ3v) is 2.96. The molecule has 21 heavy (non-hydrogen) atoms. The molecule has 0 heterocycles. The first-order chi connectivity index (χ1) is 10.1. The van der Waals surface area contributed by atoms with E-state index in [1.54, 1.807) is 42.5 Å². The number of nitriles is 1. The van der Waals surface area contributed by atoms with Gasteiger partial charge in [-0.3, -0.25) is 4.79 Å². The van der Waals surface area contributed by atoms with Gasteiger partial charge in [0.15, 0.2) is 6.61 Å². The first-order valence-corrected chi connectivity index (χ1v) is 6.72. The lowest BCUT2D eigenvalue weighted by Gasteiger charge is -2.09. The fourth-order valence-corrected chi connectivity index (χ4v) is 2.14. The molecule has 2 aromatic rings. The molecule has 2 aromatic carbocycles. The summed E-state index contributed by atoms with van der Waals surface area (Å²) in [5.41, 5.74) is 0.828. The minimum Gasteiger partial charge on any atom is -0.484 e. The highest BCUT2D eigenvalue weighted by atomic mass is 35.5. The van der Waals surface area contributed by atoms with Gasteiger partial charge >= 0.3 is 0 Å². The first-order valence-electron chi connectivity index (χ1n) is 5.96. The average molecular weight is 321 g/mol. The van der Waals surface area contributed by atoms with Gasteiger partial charge in [-0.15, -0.1) is 0 Å². The summed E-state index contributed by atoms with van der Waals surface area (Å²) in [6.45, 7) is -0.212. The fraction of sp³-hybridized carbons (Fsp3) is 0.0667. The molecule has 106 valence electrons. The fourth-order valence-electron chi connectivity index (χ4n) is 1.64. The Kier molecular flexibility index (Phi) is 5.04. The molecule has 0 aromatic heterocycles. The number of carbonyl (C=O) groups is 1. The minimum absolute atomic E-state index is 0.212. The molecule has 0 bridgehead atoms. The van der Waals surface area contributed by atoms with Gasteiger partial charge in [-0.2, -0.15) is 5.26 Å². The summed E-state index contributed by atoms with van der Waals surface area (Å²) in [6, 6.07) is 13.4. The van der Waals surface area contributed by atoms with Crippen LogP contribution in [0.15, 0.2) is 42.5 Å². The molecule has 0 unspecified atom stereocenters. The smallest absolute Gasteiger partial charge is 0.262 e. The van der Waals surface area contributed by atoms with Crippen molar-refractivity contribution in [1.29, 1.82) is 5.26 Å². The topological polar surface area (TPSA) is 62.1 Å². The van der Waals surface area contributed by atoms with Gasteiger partial charge in [0, 0.05) is 10.0 Å². The van der Waals surface area contributed by atoms with Crippen LogP contribution >= 0.6 is 23.2 Å². The van der Waals surface area contributed by atoms with Crippen LogP contribution in [0.2, 0.25) is 10.0 Å². The van der Waals surface area contributed by atoms with Gasteiger partial charge in [0.25, 0.3) is 5.91 Å². The van der Waals surface area contributed by atoms with E-state index in [0.717, 1.165) is 0 Å². The molecule has 1 amide bonds. The number of hydrogen-bond acceptors (Lipinski definition) is 3. The third kappa shape index (κ3) is 4.38. The molecule has 0 aliphatic heterocycles. The van der Waals surface area contributed by atoms with E-state index < -0.39 is 0 Å². The summed E-state index contributed by atoms with van der Waals surface area (Å²) >= 11 is 11.7. The van der Waals surface area contributed by atoms with Gasteiger partial charge < -0.3 is 10.1 Å². The molecule has 0 fully saturated rings. The van der Waals surface area contributed by atoms with E-state index in [1.165, 1.54) is 0 Å². The number of nitrogens with one attached hydrogen (secondary N) is 1. The van der Waals surface area contributed by atoms with Crippen LogP contribution in [0.1, 0.15) is 5.56 Å². The monoisotopic (exact) mass is 320 g/mol. The van der Waals surface area contributed by atoms with Crippen molar-refractivity contribution in [2.45, 2.75) is 0 Å². The van der Waals surface area contributed by atoms with Gasteiger partial charge in [0.2, 0.25) is 0 Å². The molecular weight excluding hydrogens is 311 g/mol. The van der Waals surface area contributed by atoms with E-state index >= 15 is 0 Å². The number of para-hydroxylation sites is 1. The molecule has 4 nitrogen and oxygen atoms in total. The molecule has 0 aliphatic carbocycles. The van der Waals surface area contributed by atoms with E-state index in [2.05, 4.69) is 5.32 Å². The number of rotatable bonds is 4. The van der Waals surface area contributed by atoms with E-state index in [1.807, 2.05) is 6.07 Å². The highest BCUT2D eigenvalue weighted by Crippen LogP contribution is 2.24. The maximum Gasteiger partial charge on any atom is 0.262 e. The van der Waals surface area contributed by atoms with Crippen LogP contribution < -0.4 is 10.1 Å². The van der Waals surface area contributed by atoms with Crippen molar-refractivity contribution in [2.24, 2.45) is 0 Å². The zero-order chi connectivity index (χ0) is 15.2. The first kappa shape index (κ1) is 15.2. The van der Waals surface area contributed by atoms with Crippen molar-refractivity contribution in [3.8, 4) is 11.8 Å². The van der Waals surface area contributed by atoms with Crippen LogP contribution in [0.3, 0.4) is 0 Å². The second-order valence-corrected chi connectivity index (χ2v) is 4.97. The van der Waals surface area contributed by atoms with Gasteiger partial charge in [-0.05, 0) is 30.3 Å². The van der Waals surface area contributed by atoms with Crippen molar-refractivity contribution >= 4 is 34.8 Å². The number of ether oxygens (including phenoxy) is 1. The zero-order valence-electron chi connectivity index (χ0n) is 10.8. The number of nitrogens with zero attached hydrogens (tertiary/aromatic N) is 1. The van der Waals surface area contributed by atoms with Crippen molar-refractivity contribution in [2.75, 3.05) is 11.9 Å². The molecule has 0 aliphatic rings. The molecule has 0 radical (unpaired) electrons. The summed E-state index contributed by atoms with van der Waals surface area (Å²) in [7, 11) is 0. The molecule has 0 saturated carbocycles. The van der Waals surface area contributed by atoms with Crippen molar-refractivity contribution < 1.29 is 9.53 Å². The van der Waals surface area contributed by atoms with E-state index in [4.69, 9.17) is 33.2 Å². The normalized spacial score (nSPS) is 9.76. The standard InChI is InChI=1S/C15H10Cl2N2O2/c16-11-5-12(17)7-13(6-11)21-9-15(20)19-14-4-2-1-3-10(14)8-18/h1-7H,9H2,(H,19,20). The summed E-state index contributed by atoms with van der Waals surface area (Å²) in [4.78, 5) is 11.8. The molecule has 0 spiro atoms. The number of hydrogen-bond donors (Lipinski definition) is 1. The number of carbonyl (C=O) groups excluding carboxylic acids is 1. The maximum atomic E-state index is 11.8. The lowest BCUT2D eigenvalue weighted by atomic mass is 10.2. The zero-order valence-corrected chi connectivity index (χ0v) is 12.3. The Labute approximate surface area is 131 Å². The quantitative estimate of drug-likeness (QED) is 0.929. The summed E-state index contributed by atoms with van der Waals surface area (Å²) in [5, 5.41) is 12.4. The molecule has 6 heteroatoms. The van der Waals surface area contributed by atoms with Crippen molar-refractivity contribution in [3.63, 3.8) is 0 Å². The number of halogens is 2. The summed E-state index contributed by atoms with van der Waals surface area (Å²) in [6.07, 6.45) is 0. The van der Waals surface area contributed by atoms with Gasteiger partial charge in [0.05, 0.1) is 11.3 Å². The molecular formula is C15H10Cl2N2O2. The Hall–Kier alpha value is -2.22. The lowest BCUT2D eigenvalue weighted by molar-refractivity contribution is -0.118. The van der Waals surface area contributed by atoms with Gasteiger partial charge in [-0.25, -0.2) is 0 Å².